The van der Waals surface area contributed by atoms with Gasteiger partial charge in [0.1, 0.15) is 4.21 Å². The van der Waals surface area contributed by atoms with Crippen molar-refractivity contribution in [1.82, 2.24) is 4.72 Å². The number of sulfonamides is 1. The Hall–Kier alpha value is -0.430. The van der Waals surface area contributed by atoms with E-state index in [4.69, 9.17) is 5.73 Å². The summed E-state index contributed by atoms with van der Waals surface area (Å²) < 4.78 is 27.3. The predicted molar refractivity (Wildman–Crippen MR) is 83.1 cm³/mol. The van der Waals surface area contributed by atoms with Gasteiger partial charge in [-0.15, -0.1) is 11.3 Å². The quantitative estimate of drug-likeness (QED) is 0.847. The summed E-state index contributed by atoms with van der Waals surface area (Å²) in [6, 6.07) is 3.42. The molecule has 6 heteroatoms. The minimum atomic E-state index is -3.35. The first-order chi connectivity index (χ1) is 9.51. The smallest absolute Gasteiger partial charge is 0.250 e. The molecule has 0 bridgehead atoms. The normalized spacial score (nSPS) is 23.9. The largest absolute Gasteiger partial charge is 0.326 e. The van der Waals surface area contributed by atoms with Crippen molar-refractivity contribution in [3.8, 4) is 0 Å². The van der Waals surface area contributed by atoms with Gasteiger partial charge in [-0.1, -0.05) is 26.2 Å². The van der Waals surface area contributed by atoms with E-state index in [1.165, 1.54) is 37.0 Å². The van der Waals surface area contributed by atoms with E-state index in [1.807, 2.05) is 0 Å². The molecule has 3 N–H and O–H groups in total. The van der Waals surface area contributed by atoms with Gasteiger partial charge in [-0.25, -0.2) is 13.1 Å². The molecule has 2 atom stereocenters. The van der Waals surface area contributed by atoms with Gasteiger partial charge in [0.15, 0.2) is 0 Å². The lowest BCUT2D eigenvalue weighted by molar-refractivity contribution is 0.271. The van der Waals surface area contributed by atoms with Crippen molar-refractivity contribution >= 4 is 21.4 Å². The fraction of sp³-hybridized carbons (Fsp3) is 0.714. The maximum atomic E-state index is 12.1. The summed E-state index contributed by atoms with van der Waals surface area (Å²) in [6.45, 7) is 3.21. The molecule has 0 aromatic carbocycles. The van der Waals surface area contributed by atoms with Gasteiger partial charge in [0.2, 0.25) is 10.0 Å². The van der Waals surface area contributed by atoms with Crippen LogP contribution in [0.4, 0.5) is 0 Å². The number of thiophene rings is 1. The van der Waals surface area contributed by atoms with Crippen LogP contribution in [0.5, 0.6) is 0 Å². The summed E-state index contributed by atoms with van der Waals surface area (Å²) in [6.07, 6.45) is 6.02. The van der Waals surface area contributed by atoms with Crippen LogP contribution in [0.15, 0.2) is 16.3 Å². The highest BCUT2D eigenvalue weighted by atomic mass is 32.2. The molecule has 20 heavy (non-hydrogen) atoms. The summed E-state index contributed by atoms with van der Waals surface area (Å²) in [5, 5.41) is 0. The molecule has 1 aliphatic rings. The predicted octanol–water partition coefficient (Wildman–Crippen LogP) is 2.70. The number of hydrogen-bond donors (Lipinski definition) is 2. The Morgan fingerprint density at radius 1 is 1.40 bits per heavy atom. The Balaban J connectivity index is 1.83. The highest BCUT2D eigenvalue weighted by Crippen LogP contribution is 2.30. The second-order valence-electron chi connectivity index (χ2n) is 5.75. The van der Waals surface area contributed by atoms with Crippen LogP contribution in [-0.4, -0.2) is 15.0 Å². The molecule has 0 saturated heterocycles. The van der Waals surface area contributed by atoms with E-state index in [2.05, 4.69) is 11.6 Å². The fourth-order valence-electron chi connectivity index (χ4n) is 2.90. The second-order valence-corrected chi connectivity index (χ2v) is 8.91. The first-order valence-electron chi connectivity index (χ1n) is 7.29. The van der Waals surface area contributed by atoms with Gasteiger partial charge in [-0.05, 0) is 36.8 Å². The molecule has 1 aliphatic carbocycles. The maximum Gasteiger partial charge on any atom is 0.250 e. The van der Waals surface area contributed by atoms with E-state index in [0.717, 1.165) is 17.2 Å². The van der Waals surface area contributed by atoms with E-state index < -0.39 is 10.0 Å². The Labute approximate surface area is 125 Å². The van der Waals surface area contributed by atoms with Crippen molar-refractivity contribution in [2.45, 2.75) is 49.8 Å². The van der Waals surface area contributed by atoms with Crippen LogP contribution in [-0.2, 0) is 16.6 Å². The lowest BCUT2D eigenvalue weighted by Crippen LogP contribution is -2.26. The molecule has 1 fully saturated rings. The van der Waals surface area contributed by atoms with E-state index in [0.29, 0.717) is 23.2 Å². The van der Waals surface area contributed by atoms with E-state index in [9.17, 15) is 8.42 Å². The van der Waals surface area contributed by atoms with Crippen LogP contribution in [0.25, 0.3) is 0 Å². The summed E-state index contributed by atoms with van der Waals surface area (Å²) >= 11 is 1.25. The Kier molecular flexibility index (Phi) is 5.60. The topological polar surface area (TPSA) is 72.2 Å². The molecule has 2 unspecified atom stereocenters. The minimum Gasteiger partial charge on any atom is -0.326 e. The lowest BCUT2D eigenvalue weighted by Gasteiger charge is -2.26. The average molecular weight is 316 g/mol. The highest BCUT2D eigenvalue weighted by Gasteiger charge is 2.20. The standard InChI is InChI=1S/C14H24N2O2S2/c1-11-3-2-4-12(9-11)7-8-16-20(17,18)14-6-5-13(10-15)19-14/h5-6,11-12,16H,2-4,7-10,15H2,1H3. The fourth-order valence-corrected chi connectivity index (χ4v) is 5.23. The maximum absolute atomic E-state index is 12.1. The summed E-state index contributed by atoms with van der Waals surface area (Å²) in [4.78, 5) is 0.895. The molecule has 1 saturated carbocycles. The van der Waals surface area contributed by atoms with Gasteiger partial charge in [0.05, 0.1) is 0 Å². The van der Waals surface area contributed by atoms with E-state index >= 15 is 0 Å². The molecular formula is C14H24N2O2S2. The molecule has 1 aromatic heterocycles. The van der Waals surface area contributed by atoms with Gasteiger partial charge in [-0.2, -0.15) is 0 Å². The molecule has 4 nitrogen and oxygen atoms in total. The van der Waals surface area contributed by atoms with Crippen LogP contribution >= 0.6 is 11.3 Å². The minimum absolute atomic E-state index is 0.370. The third-order valence-electron chi connectivity index (χ3n) is 3.99. The number of hydrogen-bond acceptors (Lipinski definition) is 4. The van der Waals surface area contributed by atoms with E-state index in [1.54, 1.807) is 12.1 Å². The number of rotatable bonds is 6. The molecule has 0 amide bonds. The number of nitrogens with one attached hydrogen (secondary N) is 1. The van der Waals surface area contributed by atoms with Crippen molar-refractivity contribution in [2.75, 3.05) is 6.54 Å². The SMILES string of the molecule is CC1CCCC(CCNS(=O)(=O)c2ccc(CN)s2)C1. The lowest BCUT2D eigenvalue weighted by atomic mass is 9.81. The van der Waals surface area contributed by atoms with Crippen LogP contribution in [0, 0.1) is 11.8 Å². The summed E-state index contributed by atoms with van der Waals surface area (Å²) in [5.74, 6) is 1.46. The van der Waals surface area contributed by atoms with Crippen LogP contribution in [0.2, 0.25) is 0 Å². The molecule has 0 radical (unpaired) electrons. The van der Waals surface area contributed by atoms with E-state index in [-0.39, 0.29) is 0 Å². The average Bonchev–Trinajstić information content (AvgIpc) is 2.88. The Bertz CT molecular complexity index is 525. The van der Waals surface area contributed by atoms with Crippen LogP contribution in [0.3, 0.4) is 0 Å². The highest BCUT2D eigenvalue weighted by molar-refractivity contribution is 7.91. The van der Waals surface area contributed by atoms with Crippen molar-refractivity contribution in [3.05, 3.63) is 17.0 Å². The summed E-state index contributed by atoms with van der Waals surface area (Å²) in [7, 11) is -3.35. The monoisotopic (exact) mass is 316 g/mol. The first kappa shape index (κ1) is 15.9. The van der Waals surface area contributed by atoms with Crippen molar-refractivity contribution in [3.63, 3.8) is 0 Å². The summed E-state index contributed by atoms with van der Waals surface area (Å²) in [5.41, 5.74) is 5.51. The number of nitrogens with two attached hydrogens (primary N) is 1. The van der Waals surface area contributed by atoms with Gasteiger partial charge in [-0.3, -0.25) is 0 Å². The molecule has 114 valence electrons. The van der Waals surface area contributed by atoms with Crippen molar-refractivity contribution in [2.24, 2.45) is 17.6 Å². The van der Waals surface area contributed by atoms with Gasteiger partial charge < -0.3 is 5.73 Å². The van der Waals surface area contributed by atoms with Gasteiger partial charge in [0, 0.05) is 18.0 Å². The molecular weight excluding hydrogens is 292 g/mol. The van der Waals surface area contributed by atoms with Crippen molar-refractivity contribution in [1.29, 1.82) is 0 Å². The van der Waals surface area contributed by atoms with Crippen molar-refractivity contribution < 1.29 is 8.42 Å². The molecule has 0 spiro atoms. The zero-order valence-electron chi connectivity index (χ0n) is 12.0. The molecule has 2 rings (SSSR count). The second kappa shape index (κ2) is 7.02. The first-order valence-corrected chi connectivity index (χ1v) is 9.59. The Morgan fingerprint density at radius 2 is 2.20 bits per heavy atom. The zero-order chi connectivity index (χ0) is 14.6. The van der Waals surface area contributed by atoms with Crippen LogP contribution in [0.1, 0.15) is 43.9 Å². The van der Waals surface area contributed by atoms with Crippen LogP contribution < -0.4 is 10.5 Å². The molecule has 1 aromatic rings. The third kappa shape index (κ3) is 4.28. The van der Waals surface area contributed by atoms with Gasteiger partial charge >= 0.3 is 0 Å². The molecule has 1 heterocycles. The molecule has 0 aliphatic heterocycles. The van der Waals surface area contributed by atoms with Gasteiger partial charge in [0.25, 0.3) is 0 Å². The third-order valence-corrected chi connectivity index (χ3v) is 7.05. The zero-order valence-corrected chi connectivity index (χ0v) is 13.6. The Morgan fingerprint density at radius 3 is 2.85 bits per heavy atom.